The molecular formula is C62H37BN4O2. The third-order valence-electron chi connectivity index (χ3n) is 14.8. The third kappa shape index (κ3) is 5.00. The average Bonchev–Trinajstić information content (AvgIpc) is 4.09. The molecule has 0 unspecified atom stereocenters. The van der Waals surface area contributed by atoms with Gasteiger partial charge >= 0.3 is 0 Å². The fourth-order valence-corrected chi connectivity index (χ4v) is 12.0. The summed E-state index contributed by atoms with van der Waals surface area (Å²) >= 11 is 0. The van der Waals surface area contributed by atoms with Crippen molar-refractivity contribution in [3.63, 3.8) is 0 Å². The lowest BCUT2D eigenvalue weighted by atomic mass is 9.35. The maximum absolute atomic E-state index is 7.41. The van der Waals surface area contributed by atoms with E-state index in [4.69, 9.17) is 8.83 Å². The summed E-state index contributed by atoms with van der Waals surface area (Å²) in [5.41, 5.74) is 21.5. The number of furan rings is 2. The van der Waals surface area contributed by atoms with E-state index in [0.29, 0.717) is 0 Å². The van der Waals surface area contributed by atoms with E-state index in [2.05, 4.69) is 238 Å². The molecule has 6 heterocycles. The maximum atomic E-state index is 7.41. The van der Waals surface area contributed by atoms with Gasteiger partial charge in [-0.2, -0.15) is 0 Å². The fourth-order valence-electron chi connectivity index (χ4n) is 12.0. The third-order valence-corrected chi connectivity index (χ3v) is 14.8. The molecule has 0 radical (unpaired) electrons. The summed E-state index contributed by atoms with van der Waals surface area (Å²) in [6, 6.07) is 81.2. The van der Waals surface area contributed by atoms with Gasteiger partial charge in [0.1, 0.15) is 16.7 Å². The number of rotatable bonds is 5. The van der Waals surface area contributed by atoms with Crippen LogP contribution in [0.5, 0.6) is 0 Å². The van der Waals surface area contributed by atoms with Crippen LogP contribution in [0.1, 0.15) is 0 Å². The van der Waals surface area contributed by atoms with Gasteiger partial charge in [-0.3, -0.25) is 0 Å². The van der Waals surface area contributed by atoms with Crippen LogP contribution in [0.4, 0.5) is 51.2 Å². The first-order valence-corrected chi connectivity index (χ1v) is 23.6. The van der Waals surface area contributed by atoms with Crippen molar-refractivity contribution in [3.05, 3.63) is 224 Å². The van der Waals surface area contributed by atoms with E-state index < -0.39 is 0 Å². The molecule has 0 saturated carbocycles. The van der Waals surface area contributed by atoms with Crippen LogP contribution in [0.25, 0.3) is 71.5 Å². The molecule has 0 spiro atoms. The van der Waals surface area contributed by atoms with Crippen molar-refractivity contribution in [2.24, 2.45) is 0 Å². The van der Waals surface area contributed by atoms with Crippen LogP contribution in [0, 0.1) is 0 Å². The van der Waals surface area contributed by atoms with E-state index in [0.717, 1.165) is 101 Å². The Morgan fingerprint density at radius 1 is 0.377 bits per heavy atom. The molecule has 10 aromatic carbocycles. The van der Waals surface area contributed by atoms with Gasteiger partial charge in [0.25, 0.3) is 6.71 Å². The highest BCUT2D eigenvalue weighted by Crippen LogP contribution is 2.55. The van der Waals surface area contributed by atoms with Gasteiger partial charge in [0, 0.05) is 55.4 Å². The largest absolute Gasteiger partial charge is 0.468 e. The molecule has 69 heavy (non-hydrogen) atoms. The highest BCUT2D eigenvalue weighted by molar-refractivity contribution is 7.00. The van der Waals surface area contributed by atoms with Crippen LogP contribution >= 0.6 is 0 Å². The van der Waals surface area contributed by atoms with Gasteiger partial charge in [0.05, 0.1) is 45.1 Å². The zero-order valence-electron chi connectivity index (χ0n) is 37.0. The number of para-hydroxylation sites is 6. The molecule has 0 fully saturated rings. The summed E-state index contributed by atoms with van der Waals surface area (Å²) < 4.78 is 16.4. The van der Waals surface area contributed by atoms with E-state index >= 15 is 0 Å². The Bertz CT molecular complexity index is 4250. The summed E-state index contributed by atoms with van der Waals surface area (Å²) in [5, 5.41) is 5.68. The summed E-state index contributed by atoms with van der Waals surface area (Å²) in [4.78, 5) is 7.45. The molecule has 3 aromatic heterocycles. The number of aromatic nitrogens is 1. The molecule has 6 nitrogen and oxygen atoms in total. The van der Waals surface area contributed by atoms with Crippen molar-refractivity contribution in [1.82, 2.24) is 4.57 Å². The highest BCUT2D eigenvalue weighted by Gasteiger charge is 2.49. The van der Waals surface area contributed by atoms with E-state index in [1.807, 2.05) is 6.07 Å². The van der Waals surface area contributed by atoms with Crippen molar-refractivity contribution < 1.29 is 8.83 Å². The summed E-state index contributed by atoms with van der Waals surface area (Å²) in [6.45, 7) is -0.239. The predicted molar refractivity (Wildman–Crippen MR) is 286 cm³/mol. The molecule has 320 valence electrons. The smallest absolute Gasteiger partial charge is 0.297 e. The lowest BCUT2D eigenvalue weighted by molar-refractivity contribution is 0.651. The van der Waals surface area contributed by atoms with E-state index in [1.54, 1.807) is 0 Å². The summed E-state index contributed by atoms with van der Waals surface area (Å²) in [7, 11) is 0. The average molecular weight is 881 g/mol. The van der Waals surface area contributed by atoms with Crippen molar-refractivity contribution >= 4 is 129 Å². The summed E-state index contributed by atoms with van der Waals surface area (Å²) in [5.74, 6) is 0. The Morgan fingerprint density at radius 2 is 1.01 bits per heavy atom. The van der Waals surface area contributed by atoms with Crippen molar-refractivity contribution in [2.45, 2.75) is 0 Å². The molecule has 7 heteroatoms. The van der Waals surface area contributed by atoms with Gasteiger partial charge in [-0.15, -0.1) is 0 Å². The van der Waals surface area contributed by atoms with Crippen LogP contribution in [0.3, 0.4) is 0 Å². The second kappa shape index (κ2) is 13.7. The second-order valence-corrected chi connectivity index (χ2v) is 18.4. The number of nitrogens with zero attached hydrogens (tertiary/aromatic N) is 4. The minimum absolute atomic E-state index is 0.239. The van der Waals surface area contributed by atoms with Crippen LogP contribution in [-0.2, 0) is 0 Å². The van der Waals surface area contributed by atoms with Gasteiger partial charge in [-0.25, -0.2) is 0 Å². The van der Waals surface area contributed by atoms with Crippen LogP contribution in [0.15, 0.2) is 233 Å². The van der Waals surface area contributed by atoms with E-state index in [-0.39, 0.29) is 6.71 Å². The van der Waals surface area contributed by atoms with Crippen LogP contribution < -0.4 is 31.3 Å². The lowest BCUT2D eigenvalue weighted by Gasteiger charge is -2.45. The number of hydrogen-bond acceptors (Lipinski definition) is 5. The molecule has 16 rings (SSSR count). The molecule has 0 amide bonds. The van der Waals surface area contributed by atoms with E-state index in [9.17, 15) is 0 Å². The maximum Gasteiger partial charge on any atom is 0.297 e. The Hall–Kier alpha value is -9.20. The Morgan fingerprint density at radius 3 is 1.83 bits per heavy atom. The van der Waals surface area contributed by atoms with Gasteiger partial charge in [0.2, 0.25) is 0 Å². The Kier molecular flexibility index (Phi) is 7.33. The van der Waals surface area contributed by atoms with Crippen molar-refractivity contribution in [2.75, 3.05) is 14.7 Å². The standard InChI is InChI=1S/C62H37BN4O2/c1-4-16-38(17-5-1)39-30-32-57-48(34-39)60-62(69-57)63-49-25-15-28-52-61(49)67(51-27-14-24-46-44-22-10-12-26-50(44)66(52)59(46)51)54-37-43(64(40-18-6-2-7-19-40)41-20-8-3-9-21-41)36-53(58(54)63)65(60)42-31-33-56-47(35-42)45-23-11-13-29-55(45)68-56/h1-37H. The lowest BCUT2D eigenvalue weighted by Crippen LogP contribution is -2.61. The number of benzene rings is 10. The molecule has 0 bridgehead atoms. The Balaban J connectivity index is 1.07. The van der Waals surface area contributed by atoms with Gasteiger partial charge in [0.15, 0.2) is 0 Å². The van der Waals surface area contributed by atoms with E-state index in [1.165, 1.54) is 38.4 Å². The molecule has 3 aliphatic heterocycles. The SMILES string of the molecule is c1ccc(-c2ccc3oc4c(c3c2)N(c2ccc3oc5ccccc5c3c2)c2cc(N(c3ccccc3)c3ccccc3)cc3c2B4c2cccc4c2N3c2cccc3c5ccccc5n-4c23)cc1. The van der Waals surface area contributed by atoms with Crippen LogP contribution in [0.2, 0.25) is 0 Å². The number of fused-ring (bicyclic) bond motifs is 14. The molecular weight excluding hydrogens is 844 g/mol. The van der Waals surface area contributed by atoms with Gasteiger partial charge in [-0.1, -0.05) is 133 Å². The van der Waals surface area contributed by atoms with Crippen LogP contribution in [-0.4, -0.2) is 11.3 Å². The van der Waals surface area contributed by atoms with Gasteiger partial charge in [-0.05, 0) is 113 Å². The predicted octanol–water partition coefficient (Wildman–Crippen LogP) is 15.0. The first-order chi connectivity index (χ1) is 34.2. The molecule has 13 aromatic rings. The fraction of sp³-hybridized carbons (Fsp3) is 0. The molecule has 0 aliphatic carbocycles. The van der Waals surface area contributed by atoms with Gasteiger partial charge < -0.3 is 28.1 Å². The first kappa shape index (κ1) is 37.0. The molecule has 0 atom stereocenters. The molecule has 3 aliphatic rings. The first-order valence-electron chi connectivity index (χ1n) is 23.6. The normalized spacial score (nSPS) is 13.1. The minimum Gasteiger partial charge on any atom is -0.468 e. The highest BCUT2D eigenvalue weighted by atomic mass is 16.3. The monoisotopic (exact) mass is 880 g/mol. The zero-order valence-corrected chi connectivity index (χ0v) is 37.0. The topological polar surface area (TPSA) is 40.9 Å². The Labute approximate surface area is 396 Å². The van der Waals surface area contributed by atoms with Crippen molar-refractivity contribution in [3.8, 4) is 16.8 Å². The molecule has 0 N–H and O–H groups in total. The number of hydrogen-bond donors (Lipinski definition) is 0. The zero-order chi connectivity index (χ0) is 44.9. The number of anilines is 9. The van der Waals surface area contributed by atoms with Crippen molar-refractivity contribution in [1.29, 1.82) is 0 Å². The molecule has 0 saturated heterocycles. The minimum atomic E-state index is -0.239. The summed E-state index contributed by atoms with van der Waals surface area (Å²) in [6.07, 6.45) is 0. The second-order valence-electron chi connectivity index (χ2n) is 18.4. The quantitative estimate of drug-likeness (QED) is 0.161.